The average molecular weight is 327 g/mol. The van der Waals surface area contributed by atoms with Gasteiger partial charge in [0.15, 0.2) is 0 Å². The van der Waals surface area contributed by atoms with Crippen LogP contribution in [0.25, 0.3) is 16.6 Å². The molecular formula is C17H15ClN4O. The molecule has 2 aromatic heterocycles. The minimum absolute atomic E-state index is 0.157. The maximum absolute atomic E-state index is 13.1. The molecule has 5 nitrogen and oxygen atoms in total. The molecule has 1 aliphatic rings. The molecule has 0 radical (unpaired) electrons. The van der Waals surface area contributed by atoms with Crippen molar-refractivity contribution in [3.63, 3.8) is 0 Å². The number of pyridine rings is 1. The molecule has 0 amide bonds. The lowest BCUT2D eigenvalue weighted by atomic mass is 10.2. The molecule has 0 spiro atoms. The summed E-state index contributed by atoms with van der Waals surface area (Å²) >= 11 is 6.25. The molecule has 0 atom stereocenters. The van der Waals surface area contributed by atoms with Crippen molar-refractivity contribution in [2.24, 2.45) is 0 Å². The molecule has 0 bridgehead atoms. The van der Waals surface area contributed by atoms with Gasteiger partial charge in [0.25, 0.3) is 5.56 Å². The van der Waals surface area contributed by atoms with Gasteiger partial charge < -0.3 is 4.90 Å². The maximum atomic E-state index is 13.1. The molecule has 1 aromatic carbocycles. The molecule has 4 rings (SSSR count). The lowest BCUT2D eigenvalue weighted by Gasteiger charge is -2.21. The highest BCUT2D eigenvalue weighted by atomic mass is 35.5. The van der Waals surface area contributed by atoms with E-state index in [1.165, 1.54) is 0 Å². The lowest BCUT2D eigenvalue weighted by molar-refractivity contribution is 0.838. The van der Waals surface area contributed by atoms with Crippen LogP contribution in [0.2, 0.25) is 5.02 Å². The summed E-state index contributed by atoms with van der Waals surface area (Å²) in [5, 5.41) is 0.867. The second kappa shape index (κ2) is 5.66. The first-order valence-electron chi connectivity index (χ1n) is 7.62. The molecule has 6 heteroatoms. The molecule has 1 saturated heterocycles. The number of hydrogen-bond donors (Lipinski definition) is 0. The minimum atomic E-state index is -0.157. The average Bonchev–Trinajstić information content (AvgIpc) is 3.09. The van der Waals surface area contributed by atoms with E-state index in [-0.39, 0.29) is 5.56 Å². The molecule has 0 N–H and O–H groups in total. The third-order valence-electron chi connectivity index (χ3n) is 4.12. The van der Waals surface area contributed by atoms with E-state index < -0.39 is 0 Å². The van der Waals surface area contributed by atoms with E-state index >= 15 is 0 Å². The van der Waals surface area contributed by atoms with Crippen LogP contribution in [0, 0.1) is 0 Å². The van der Waals surface area contributed by atoms with Crippen molar-refractivity contribution < 1.29 is 0 Å². The highest BCUT2D eigenvalue weighted by Crippen LogP contribution is 2.25. The predicted molar refractivity (Wildman–Crippen MR) is 91.6 cm³/mol. The van der Waals surface area contributed by atoms with Gasteiger partial charge in [0.1, 0.15) is 0 Å². The number of fused-ring (bicyclic) bond motifs is 1. The molecule has 3 heterocycles. The van der Waals surface area contributed by atoms with Crippen LogP contribution in [0.15, 0.2) is 47.5 Å². The van der Waals surface area contributed by atoms with Gasteiger partial charge in [-0.1, -0.05) is 17.7 Å². The second-order valence-electron chi connectivity index (χ2n) is 5.59. The normalized spacial score (nSPS) is 14.6. The Hall–Kier alpha value is -2.40. The Labute approximate surface area is 138 Å². The Bertz CT molecular complexity index is 917. The molecule has 23 heavy (non-hydrogen) atoms. The zero-order valence-electron chi connectivity index (χ0n) is 12.4. The monoisotopic (exact) mass is 326 g/mol. The van der Waals surface area contributed by atoms with Crippen LogP contribution in [-0.4, -0.2) is 27.6 Å². The highest BCUT2D eigenvalue weighted by molar-refractivity contribution is 6.35. The molecular weight excluding hydrogens is 312 g/mol. The van der Waals surface area contributed by atoms with Gasteiger partial charge in [-0.2, -0.15) is 0 Å². The van der Waals surface area contributed by atoms with E-state index in [4.69, 9.17) is 16.6 Å². The number of aromatic nitrogens is 3. The Morgan fingerprint density at radius 2 is 1.91 bits per heavy atom. The molecule has 0 unspecified atom stereocenters. The summed E-state index contributed by atoms with van der Waals surface area (Å²) in [6, 6.07) is 9.04. The van der Waals surface area contributed by atoms with Crippen molar-refractivity contribution in [1.29, 1.82) is 0 Å². The molecule has 3 aromatic rings. The van der Waals surface area contributed by atoms with E-state index in [2.05, 4.69) is 9.88 Å². The van der Waals surface area contributed by atoms with E-state index in [1.54, 1.807) is 23.0 Å². The summed E-state index contributed by atoms with van der Waals surface area (Å²) in [6.07, 6.45) is 5.57. The summed E-state index contributed by atoms with van der Waals surface area (Å²) in [5.74, 6) is 0.662. The van der Waals surface area contributed by atoms with Gasteiger partial charge in [-0.3, -0.25) is 9.78 Å². The Balaban J connectivity index is 2.08. The van der Waals surface area contributed by atoms with Crippen molar-refractivity contribution in [2.45, 2.75) is 12.8 Å². The van der Waals surface area contributed by atoms with Crippen molar-refractivity contribution >= 4 is 28.5 Å². The smallest absolute Gasteiger partial charge is 0.268 e. The van der Waals surface area contributed by atoms with E-state index in [1.807, 2.05) is 24.3 Å². The number of rotatable bonds is 2. The third kappa shape index (κ3) is 2.37. The van der Waals surface area contributed by atoms with Gasteiger partial charge in [-0.25, -0.2) is 9.55 Å². The number of nitrogens with zero attached hydrogens (tertiary/aromatic N) is 4. The van der Waals surface area contributed by atoms with Crippen molar-refractivity contribution in [3.8, 4) is 5.69 Å². The fourth-order valence-electron chi connectivity index (χ4n) is 3.03. The van der Waals surface area contributed by atoms with Gasteiger partial charge in [0, 0.05) is 19.3 Å². The Kier molecular flexibility index (Phi) is 3.50. The Morgan fingerprint density at radius 3 is 2.65 bits per heavy atom. The number of anilines is 1. The molecule has 1 fully saturated rings. The summed E-state index contributed by atoms with van der Waals surface area (Å²) in [7, 11) is 0. The minimum Gasteiger partial charge on any atom is -0.342 e. The Morgan fingerprint density at radius 1 is 1.09 bits per heavy atom. The first kappa shape index (κ1) is 14.2. The zero-order valence-corrected chi connectivity index (χ0v) is 13.2. The first-order valence-corrected chi connectivity index (χ1v) is 8.00. The van der Waals surface area contributed by atoms with Gasteiger partial charge in [0.2, 0.25) is 5.95 Å². The lowest BCUT2D eigenvalue weighted by Crippen LogP contribution is -2.30. The van der Waals surface area contributed by atoms with E-state index in [0.29, 0.717) is 27.6 Å². The van der Waals surface area contributed by atoms with Crippen LogP contribution >= 0.6 is 11.6 Å². The van der Waals surface area contributed by atoms with E-state index in [0.717, 1.165) is 25.9 Å². The predicted octanol–water partition coefficient (Wildman–Crippen LogP) is 3.03. The van der Waals surface area contributed by atoms with Crippen LogP contribution in [0.5, 0.6) is 0 Å². The topological polar surface area (TPSA) is 51.0 Å². The zero-order chi connectivity index (χ0) is 15.8. The number of halogens is 1. The summed E-state index contributed by atoms with van der Waals surface area (Å²) in [6.45, 7) is 1.80. The van der Waals surface area contributed by atoms with Crippen LogP contribution < -0.4 is 10.5 Å². The summed E-state index contributed by atoms with van der Waals surface area (Å²) in [5.41, 5.74) is 1.17. The van der Waals surface area contributed by atoms with Crippen molar-refractivity contribution in [1.82, 2.24) is 14.5 Å². The molecule has 116 valence electrons. The second-order valence-corrected chi connectivity index (χ2v) is 6.00. The van der Waals surface area contributed by atoms with Crippen LogP contribution in [0.1, 0.15) is 12.8 Å². The van der Waals surface area contributed by atoms with Gasteiger partial charge >= 0.3 is 0 Å². The van der Waals surface area contributed by atoms with Crippen molar-refractivity contribution in [2.75, 3.05) is 18.0 Å². The highest BCUT2D eigenvalue weighted by Gasteiger charge is 2.21. The number of benzene rings is 1. The van der Waals surface area contributed by atoms with E-state index in [9.17, 15) is 4.79 Å². The standard InChI is InChI=1S/C17H15ClN4O/c18-13-6-3-7-14-15(13)16(23)22(12-5-4-8-19-11-12)17(20-14)21-9-1-2-10-21/h3-8,11H,1-2,9-10H2. The molecule has 0 saturated carbocycles. The van der Waals surface area contributed by atoms with Gasteiger partial charge in [-0.15, -0.1) is 0 Å². The summed E-state index contributed by atoms with van der Waals surface area (Å²) in [4.78, 5) is 24.1. The van der Waals surface area contributed by atoms with Crippen LogP contribution in [0.4, 0.5) is 5.95 Å². The van der Waals surface area contributed by atoms with Crippen molar-refractivity contribution in [3.05, 3.63) is 58.1 Å². The van der Waals surface area contributed by atoms with Crippen LogP contribution in [0.3, 0.4) is 0 Å². The SMILES string of the molecule is O=c1c2c(Cl)cccc2nc(N2CCCC2)n1-c1cccnc1. The van der Waals surface area contributed by atoms with Gasteiger partial charge in [0.05, 0.1) is 27.8 Å². The fraction of sp³-hybridized carbons (Fsp3) is 0.235. The first-order chi connectivity index (χ1) is 11.3. The molecule has 0 aliphatic carbocycles. The molecule has 1 aliphatic heterocycles. The fourth-order valence-corrected chi connectivity index (χ4v) is 3.28. The summed E-state index contributed by atoms with van der Waals surface area (Å²) < 4.78 is 1.62. The quantitative estimate of drug-likeness (QED) is 0.726. The third-order valence-corrected chi connectivity index (χ3v) is 4.44. The maximum Gasteiger partial charge on any atom is 0.268 e. The number of hydrogen-bond acceptors (Lipinski definition) is 4. The largest absolute Gasteiger partial charge is 0.342 e. The van der Waals surface area contributed by atoms with Crippen LogP contribution in [-0.2, 0) is 0 Å². The van der Waals surface area contributed by atoms with Gasteiger partial charge in [-0.05, 0) is 37.1 Å².